The van der Waals surface area contributed by atoms with Gasteiger partial charge in [0.25, 0.3) is 0 Å². The Balaban J connectivity index is 2.62. The number of nitrogens with one attached hydrogen (secondary N) is 1. The maximum atomic E-state index is 11.6. The molecule has 1 aliphatic heterocycles. The molecule has 1 aliphatic rings. The largest absolute Gasteiger partial charge is 0.466 e. The van der Waals surface area contributed by atoms with Crippen LogP contribution in [-0.2, 0) is 19.1 Å². The van der Waals surface area contributed by atoms with Gasteiger partial charge in [-0.3, -0.25) is 15.0 Å². The minimum absolute atomic E-state index is 0.281. The van der Waals surface area contributed by atoms with Crippen molar-refractivity contribution in [1.29, 1.82) is 5.41 Å². The van der Waals surface area contributed by atoms with Crippen LogP contribution < -0.4 is 0 Å². The molecule has 96 valence electrons. The van der Waals surface area contributed by atoms with E-state index in [9.17, 15) is 9.59 Å². The van der Waals surface area contributed by atoms with Gasteiger partial charge in [0.1, 0.15) is 5.92 Å². The highest BCUT2D eigenvalue weighted by atomic mass is 32.2. The van der Waals surface area contributed by atoms with Gasteiger partial charge in [0.15, 0.2) is 0 Å². The molecule has 0 bridgehead atoms. The van der Waals surface area contributed by atoms with Crippen molar-refractivity contribution >= 4 is 28.7 Å². The van der Waals surface area contributed by atoms with Crippen molar-refractivity contribution in [2.24, 2.45) is 11.8 Å². The number of carbonyl (C=O) groups excluding carboxylic acids is 2. The minimum atomic E-state index is -0.608. The lowest BCUT2D eigenvalue weighted by atomic mass is 9.96. The lowest BCUT2D eigenvalue weighted by Gasteiger charge is -2.26. The van der Waals surface area contributed by atoms with Crippen molar-refractivity contribution in [3.05, 3.63) is 0 Å². The number of carbonyl (C=O) groups is 2. The molecule has 6 heteroatoms. The van der Waals surface area contributed by atoms with Crippen LogP contribution >= 0.6 is 11.8 Å². The Morgan fingerprint density at radius 1 is 1.29 bits per heavy atom. The lowest BCUT2D eigenvalue weighted by molar-refractivity contribution is -0.149. The van der Waals surface area contributed by atoms with Crippen LogP contribution in [0.5, 0.6) is 0 Å². The molecule has 5 nitrogen and oxygen atoms in total. The summed E-state index contributed by atoms with van der Waals surface area (Å²) < 4.78 is 9.82. The molecule has 0 saturated carbocycles. The first-order valence-corrected chi connectivity index (χ1v) is 6.63. The minimum Gasteiger partial charge on any atom is -0.466 e. The van der Waals surface area contributed by atoms with Crippen molar-refractivity contribution in [2.75, 3.05) is 19.0 Å². The molecule has 0 radical (unpaired) electrons. The Bertz CT molecular complexity index is 319. The van der Waals surface area contributed by atoms with E-state index in [-0.39, 0.29) is 23.5 Å². The first kappa shape index (κ1) is 14.0. The highest BCUT2D eigenvalue weighted by Gasteiger charge is 2.36. The molecule has 1 N–H and O–H groups in total. The normalized spacial score (nSPS) is 24.2. The van der Waals surface area contributed by atoms with Gasteiger partial charge >= 0.3 is 11.9 Å². The molecule has 2 unspecified atom stereocenters. The monoisotopic (exact) mass is 259 g/mol. The summed E-state index contributed by atoms with van der Waals surface area (Å²) in [5.74, 6) is -1.12. The second kappa shape index (κ2) is 6.64. The van der Waals surface area contributed by atoms with Gasteiger partial charge in [0, 0.05) is 5.75 Å². The first-order valence-electron chi connectivity index (χ1n) is 5.64. The second-order valence-electron chi connectivity index (χ2n) is 3.66. The molecular formula is C11H17NO4S. The Morgan fingerprint density at radius 3 is 2.47 bits per heavy atom. The van der Waals surface area contributed by atoms with Gasteiger partial charge in [0.2, 0.25) is 0 Å². The molecule has 0 amide bonds. The Kier molecular flexibility index (Phi) is 5.47. The van der Waals surface area contributed by atoms with Crippen molar-refractivity contribution < 1.29 is 19.1 Å². The molecule has 2 atom stereocenters. The van der Waals surface area contributed by atoms with Crippen LogP contribution in [0, 0.1) is 17.2 Å². The van der Waals surface area contributed by atoms with Gasteiger partial charge in [-0.1, -0.05) is 0 Å². The third kappa shape index (κ3) is 3.73. The van der Waals surface area contributed by atoms with E-state index in [0.29, 0.717) is 18.8 Å². The van der Waals surface area contributed by atoms with E-state index in [1.54, 1.807) is 13.8 Å². The van der Waals surface area contributed by atoms with Crippen LogP contribution in [0.4, 0.5) is 0 Å². The highest BCUT2D eigenvalue weighted by Crippen LogP contribution is 2.31. The molecule has 1 heterocycles. The van der Waals surface area contributed by atoms with Crippen LogP contribution in [-0.4, -0.2) is 35.9 Å². The maximum absolute atomic E-state index is 11.6. The standard InChI is InChI=1S/C11H17NO4S/c1-3-15-10(13)7-5-8(9(12)17-6-7)11(14)16-4-2/h7-8,12H,3-6H2,1-2H3. The van der Waals surface area contributed by atoms with Crippen LogP contribution in [0.1, 0.15) is 20.3 Å². The van der Waals surface area contributed by atoms with E-state index in [0.717, 1.165) is 0 Å². The molecule has 0 aromatic carbocycles. The van der Waals surface area contributed by atoms with Crippen molar-refractivity contribution in [3.8, 4) is 0 Å². The van der Waals surface area contributed by atoms with E-state index in [1.807, 2.05) is 0 Å². The zero-order valence-electron chi connectivity index (χ0n) is 10.0. The van der Waals surface area contributed by atoms with Gasteiger partial charge in [0.05, 0.1) is 24.2 Å². The number of ether oxygens (including phenoxy) is 2. The number of esters is 2. The van der Waals surface area contributed by atoms with Gasteiger partial charge in [-0.05, 0) is 20.3 Å². The topological polar surface area (TPSA) is 76.5 Å². The zero-order chi connectivity index (χ0) is 12.8. The van der Waals surface area contributed by atoms with Crippen LogP contribution in [0.2, 0.25) is 0 Å². The predicted octanol–water partition coefficient (Wildman–Crippen LogP) is 1.46. The third-order valence-electron chi connectivity index (χ3n) is 2.47. The van der Waals surface area contributed by atoms with Crippen molar-refractivity contribution in [1.82, 2.24) is 0 Å². The molecule has 1 fully saturated rings. The number of hydrogen-bond acceptors (Lipinski definition) is 6. The van der Waals surface area contributed by atoms with Gasteiger partial charge in [-0.15, -0.1) is 11.8 Å². The smallest absolute Gasteiger partial charge is 0.315 e. The molecule has 1 rings (SSSR count). The fourth-order valence-corrected chi connectivity index (χ4v) is 2.67. The summed E-state index contributed by atoms with van der Waals surface area (Å²) in [6, 6.07) is 0. The molecular weight excluding hydrogens is 242 g/mol. The van der Waals surface area contributed by atoms with Crippen LogP contribution in [0.25, 0.3) is 0 Å². The molecule has 0 spiro atoms. The number of hydrogen-bond donors (Lipinski definition) is 1. The Hall–Kier alpha value is -1.04. The molecule has 0 aliphatic carbocycles. The summed E-state index contributed by atoms with van der Waals surface area (Å²) in [5.41, 5.74) is 0. The predicted molar refractivity (Wildman–Crippen MR) is 65.0 cm³/mol. The van der Waals surface area contributed by atoms with E-state index < -0.39 is 11.9 Å². The number of rotatable bonds is 4. The average Bonchev–Trinajstić information content (AvgIpc) is 2.30. The summed E-state index contributed by atoms with van der Waals surface area (Å²) in [4.78, 5) is 23.2. The second-order valence-corrected chi connectivity index (χ2v) is 4.73. The Morgan fingerprint density at radius 2 is 1.88 bits per heavy atom. The van der Waals surface area contributed by atoms with Crippen LogP contribution in [0.3, 0.4) is 0 Å². The highest BCUT2D eigenvalue weighted by molar-refractivity contribution is 8.14. The maximum Gasteiger partial charge on any atom is 0.315 e. The quantitative estimate of drug-likeness (QED) is 0.773. The molecule has 17 heavy (non-hydrogen) atoms. The third-order valence-corrected chi connectivity index (χ3v) is 3.63. The van der Waals surface area contributed by atoms with Crippen LogP contribution in [0.15, 0.2) is 0 Å². The fourth-order valence-electron chi connectivity index (χ4n) is 1.62. The van der Waals surface area contributed by atoms with Gasteiger partial charge in [-0.25, -0.2) is 0 Å². The summed E-state index contributed by atoms with van der Waals surface area (Å²) in [6.07, 6.45) is 0.323. The zero-order valence-corrected chi connectivity index (χ0v) is 10.8. The number of thioether (sulfide) groups is 1. The van der Waals surface area contributed by atoms with E-state index in [2.05, 4.69) is 0 Å². The van der Waals surface area contributed by atoms with Crippen molar-refractivity contribution in [2.45, 2.75) is 20.3 Å². The molecule has 0 aromatic heterocycles. The summed E-state index contributed by atoms with van der Waals surface area (Å²) in [5, 5.41) is 7.98. The van der Waals surface area contributed by atoms with Gasteiger partial charge < -0.3 is 9.47 Å². The van der Waals surface area contributed by atoms with Gasteiger partial charge in [-0.2, -0.15) is 0 Å². The summed E-state index contributed by atoms with van der Waals surface area (Å²) >= 11 is 1.22. The van der Waals surface area contributed by atoms with E-state index in [4.69, 9.17) is 14.9 Å². The SMILES string of the molecule is CCOC(=O)C1CSC(=N)C(C(=O)OCC)C1. The molecule has 1 saturated heterocycles. The summed E-state index contributed by atoms with van der Waals surface area (Å²) in [6.45, 7) is 4.10. The van der Waals surface area contributed by atoms with Crippen molar-refractivity contribution in [3.63, 3.8) is 0 Å². The summed E-state index contributed by atoms with van der Waals surface area (Å²) in [7, 11) is 0. The lowest BCUT2D eigenvalue weighted by Crippen LogP contribution is -2.35. The first-order chi connectivity index (χ1) is 8.10. The fraction of sp³-hybridized carbons (Fsp3) is 0.727. The average molecular weight is 259 g/mol. The van der Waals surface area contributed by atoms with E-state index in [1.165, 1.54) is 11.8 Å². The molecule has 0 aromatic rings. The van der Waals surface area contributed by atoms with E-state index >= 15 is 0 Å². The Labute approximate surface area is 105 Å².